The highest BCUT2D eigenvalue weighted by molar-refractivity contribution is 9.10. The average Bonchev–Trinajstić information content (AvgIpc) is 2.89. The van der Waals surface area contributed by atoms with Crippen molar-refractivity contribution in [2.24, 2.45) is 5.92 Å². The van der Waals surface area contributed by atoms with Crippen molar-refractivity contribution in [2.45, 2.75) is 25.8 Å². The molecule has 0 aliphatic carbocycles. The maximum Gasteiger partial charge on any atom is 0.307 e. The van der Waals surface area contributed by atoms with Gasteiger partial charge in [-0.15, -0.1) is 0 Å². The molecule has 1 aliphatic rings. The zero-order valence-electron chi connectivity index (χ0n) is 11.9. The summed E-state index contributed by atoms with van der Waals surface area (Å²) in [5.74, 6) is -0.0608. The first kappa shape index (κ1) is 14.6. The van der Waals surface area contributed by atoms with Crippen LogP contribution in [0.15, 0.2) is 33.2 Å². The number of carboxylic acid groups (broad SMARTS) is 1. The summed E-state index contributed by atoms with van der Waals surface area (Å²) in [4.78, 5) is 13.4. The van der Waals surface area contributed by atoms with Crippen LogP contribution >= 0.6 is 15.9 Å². The van der Waals surface area contributed by atoms with Gasteiger partial charge in [0.2, 0.25) is 0 Å². The van der Waals surface area contributed by atoms with Crippen LogP contribution < -0.4 is 0 Å². The van der Waals surface area contributed by atoms with Crippen molar-refractivity contribution < 1.29 is 14.3 Å². The summed E-state index contributed by atoms with van der Waals surface area (Å²) in [6, 6.07) is 8.09. The summed E-state index contributed by atoms with van der Waals surface area (Å²) in [5, 5.41) is 10.3. The van der Waals surface area contributed by atoms with Crippen molar-refractivity contribution in [3.8, 4) is 0 Å². The molecule has 1 aromatic heterocycles. The van der Waals surface area contributed by atoms with Gasteiger partial charge >= 0.3 is 5.97 Å². The molecule has 4 nitrogen and oxygen atoms in total. The Morgan fingerprint density at radius 2 is 2.29 bits per heavy atom. The monoisotopic (exact) mass is 351 g/mol. The van der Waals surface area contributed by atoms with E-state index in [-0.39, 0.29) is 12.0 Å². The van der Waals surface area contributed by atoms with Crippen LogP contribution in [0.2, 0.25) is 0 Å². The highest BCUT2D eigenvalue weighted by Crippen LogP contribution is 2.31. The van der Waals surface area contributed by atoms with Crippen LogP contribution in [0, 0.1) is 5.92 Å². The van der Waals surface area contributed by atoms with Crippen LogP contribution in [0.3, 0.4) is 0 Å². The number of benzene rings is 1. The molecule has 21 heavy (non-hydrogen) atoms. The maximum atomic E-state index is 11.2. The van der Waals surface area contributed by atoms with Crippen LogP contribution in [0.1, 0.15) is 31.6 Å². The van der Waals surface area contributed by atoms with E-state index >= 15 is 0 Å². The number of hydrogen-bond donors (Lipinski definition) is 1. The molecule has 0 radical (unpaired) electrons. The molecular formula is C16H18BrNO3. The number of carbonyl (C=O) groups is 1. The Morgan fingerprint density at radius 1 is 1.48 bits per heavy atom. The van der Waals surface area contributed by atoms with Crippen molar-refractivity contribution in [2.75, 3.05) is 13.1 Å². The second-order valence-electron chi connectivity index (χ2n) is 5.68. The average molecular weight is 352 g/mol. The number of rotatable bonds is 3. The van der Waals surface area contributed by atoms with Gasteiger partial charge in [-0.25, -0.2) is 0 Å². The summed E-state index contributed by atoms with van der Waals surface area (Å²) >= 11 is 3.46. The zero-order chi connectivity index (χ0) is 15.0. The van der Waals surface area contributed by atoms with E-state index < -0.39 is 5.97 Å². The fourth-order valence-corrected chi connectivity index (χ4v) is 3.36. The van der Waals surface area contributed by atoms with E-state index in [0.717, 1.165) is 40.6 Å². The lowest BCUT2D eigenvalue weighted by molar-refractivity contribution is -0.144. The molecule has 2 atom stereocenters. The van der Waals surface area contributed by atoms with Gasteiger partial charge in [0.15, 0.2) is 0 Å². The molecule has 112 valence electrons. The number of piperidine rings is 1. The Bertz CT molecular complexity index is 667. The molecule has 2 heterocycles. The summed E-state index contributed by atoms with van der Waals surface area (Å²) in [7, 11) is 0. The second kappa shape index (κ2) is 5.81. The highest BCUT2D eigenvalue weighted by Gasteiger charge is 2.29. The van der Waals surface area contributed by atoms with E-state index in [9.17, 15) is 9.90 Å². The SMILES string of the molecule is CC(c1cc2cc(Br)ccc2o1)N1CCCC(C(=O)O)C1. The van der Waals surface area contributed by atoms with Crippen LogP contribution in [0.4, 0.5) is 0 Å². The molecule has 2 aromatic rings. The van der Waals surface area contributed by atoms with Crippen molar-refractivity contribution in [3.63, 3.8) is 0 Å². The van der Waals surface area contributed by atoms with Crippen LogP contribution in [-0.2, 0) is 4.79 Å². The van der Waals surface area contributed by atoms with Gasteiger partial charge in [-0.05, 0) is 50.6 Å². The predicted molar refractivity (Wildman–Crippen MR) is 84.3 cm³/mol. The number of likely N-dealkylation sites (tertiary alicyclic amines) is 1. The van der Waals surface area contributed by atoms with E-state index in [1.165, 1.54) is 0 Å². The number of furan rings is 1. The largest absolute Gasteiger partial charge is 0.481 e. The van der Waals surface area contributed by atoms with Gasteiger partial charge in [0, 0.05) is 16.4 Å². The van der Waals surface area contributed by atoms with E-state index in [1.54, 1.807) is 0 Å². The number of halogens is 1. The van der Waals surface area contributed by atoms with Crippen molar-refractivity contribution in [1.82, 2.24) is 4.90 Å². The third-order valence-corrected chi connectivity index (χ3v) is 4.75. The highest BCUT2D eigenvalue weighted by atomic mass is 79.9. The smallest absolute Gasteiger partial charge is 0.307 e. The van der Waals surface area contributed by atoms with Crippen molar-refractivity contribution in [1.29, 1.82) is 0 Å². The van der Waals surface area contributed by atoms with Gasteiger partial charge in [0.05, 0.1) is 12.0 Å². The molecule has 0 bridgehead atoms. The molecule has 1 aliphatic heterocycles. The van der Waals surface area contributed by atoms with Crippen LogP contribution in [-0.4, -0.2) is 29.1 Å². The van der Waals surface area contributed by atoms with Crippen LogP contribution in [0.5, 0.6) is 0 Å². The Kier molecular flexibility index (Phi) is 4.04. The third-order valence-electron chi connectivity index (χ3n) is 4.26. The van der Waals surface area contributed by atoms with E-state index in [0.29, 0.717) is 6.54 Å². The molecule has 0 amide bonds. The first-order chi connectivity index (χ1) is 10.0. The molecule has 0 spiro atoms. The molecule has 0 saturated carbocycles. The number of carboxylic acids is 1. The molecule has 1 saturated heterocycles. The van der Waals surface area contributed by atoms with Gasteiger partial charge < -0.3 is 9.52 Å². The Hall–Kier alpha value is -1.33. The standard InChI is InChI=1S/C16H18BrNO3/c1-10(18-6-2-3-11(9-18)16(19)20)15-8-12-7-13(17)4-5-14(12)21-15/h4-5,7-8,10-11H,2-3,6,9H2,1H3,(H,19,20). The molecule has 3 rings (SSSR count). The van der Waals surface area contributed by atoms with Crippen LogP contribution in [0.25, 0.3) is 11.0 Å². The lowest BCUT2D eigenvalue weighted by Crippen LogP contribution is -2.39. The molecular weight excluding hydrogens is 334 g/mol. The normalized spacial score (nSPS) is 21.5. The molecule has 1 N–H and O–H groups in total. The summed E-state index contributed by atoms with van der Waals surface area (Å²) in [5.41, 5.74) is 0.867. The van der Waals surface area contributed by atoms with Crippen molar-refractivity contribution >= 4 is 32.9 Å². The molecule has 1 fully saturated rings. The van der Waals surface area contributed by atoms with E-state index in [1.807, 2.05) is 18.2 Å². The van der Waals surface area contributed by atoms with Gasteiger partial charge in [-0.1, -0.05) is 15.9 Å². The lowest BCUT2D eigenvalue weighted by atomic mass is 9.96. The Morgan fingerprint density at radius 3 is 3.05 bits per heavy atom. The van der Waals surface area contributed by atoms with Crippen molar-refractivity contribution in [3.05, 3.63) is 34.5 Å². The lowest BCUT2D eigenvalue weighted by Gasteiger charge is -2.34. The first-order valence-electron chi connectivity index (χ1n) is 7.20. The Balaban J connectivity index is 1.82. The fraction of sp³-hybridized carbons (Fsp3) is 0.438. The van der Waals surface area contributed by atoms with Gasteiger partial charge in [0.1, 0.15) is 11.3 Å². The minimum atomic E-state index is -0.694. The number of hydrogen-bond acceptors (Lipinski definition) is 3. The minimum absolute atomic E-state index is 0.0957. The van der Waals surface area contributed by atoms with Gasteiger partial charge in [0.25, 0.3) is 0 Å². The number of nitrogens with zero attached hydrogens (tertiary/aromatic N) is 1. The zero-order valence-corrected chi connectivity index (χ0v) is 13.5. The predicted octanol–water partition coefficient (Wildman–Crippen LogP) is 4.05. The van der Waals surface area contributed by atoms with E-state index in [2.05, 4.69) is 33.8 Å². The summed E-state index contributed by atoms with van der Waals surface area (Å²) in [6.45, 7) is 3.60. The van der Waals surface area contributed by atoms with E-state index in [4.69, 9.17) is 4.42 Å². The quantitative estimate of drug-likeness (QED) is 0.905. The fourth-order valence-electron chi connectivity index (χ4n) is 2.98. The topological polar surface area (TPSA) is 53.7 Å². The van der Waals surface area contributed by atoms with Gasteiger partial charge in [-0.2, -0.15) is 0 Å². The summed E-state index contributed by atoms with van der Waals surface area (Å²) < 4.78 is 6.95. The maximum absolute atomic E-state index is 11.2. The third kappa shape index (κ3) is 2.99. The number of aliphatic carboxylic acids is 1. The second-order valence-corrected chi connectivity index (χ2v) is 6.59. The summed E-state index contributed by atoms with van der Waals surface area (Å²) in [6.07, 6.45) is 1.69. The van der Waals surface area contributed by atoms with Gasteiger partial charge in [-0.3, -0.25) is 9.69 Å². The Labute approximate surface area is 131 Å². The molecule has 1 aromatic carbocycles. The number of fused-ring (bicyclic) bond motifs is 1. The minimum Gasteiger partial charge on any atom is -0.481 e. The molecule has 5 heteroatoms. The molecule has 2 unspecified atom stereocenters. The first-order valence-corrected chi connectivity index (χ1v) is 8.00.